The first kappa shape index (κ1) is 21.1. The van der Waals surface area contributed by atoms with Crippen LogP contribution in [-0.4, -0.2) is 64.2 Å². The van der Waals surface area contributed by atoms with Gasteiger partial charge in [0, 0.05) is 26.1 Å². The molecule has 0 spiro atoms. The second kappa shape index (κ2) is 10.8. The van der Waals surface area contributed by atoms with Gasteiger partial charge in [-0.3, -0.25) is 9.59 Å². The van der Waals surface area contributed by atoms with Crippen molar-refractivity contribution < 1.29 is 19.8 Å². The lowest BCUT2D eigenvalue weighted by molar-refractivity contribution is -0.142. The Morgan fingerprint density at radius 3 is 2.67 bits per heavy atom. The minimum atomic E-state index is -0.487. The van der Waals surface area contributed by atoms with Gasteiger partial charge in [-0.1, -0.05) is 36.4 Å². The van der Waals surface area contributed by atoms with Crippen LogP contribution >= 0.6 is 0 Å². The first-order chi connectivity index (χ1) is 13.1. The molecule has 148 valence electrons. The van der Waals surface area contributed by atoms with Gasteiger partial charge in [0.05, 0.1) is 25.2 Å². The normalized spacial score (nSPS) is 17.6. The quantitative estimate of drug-likeness (QED) is 0.609. The molecule has 2 amide bonds. The molecule has 2 rings (SSSR count). The molecule has 0 aromatic heterocycles. The average Bonchev–Trinajstić information content (AvgIpc) is 3.16. The molecule has 1 aromatic carbocycles. The number of likely N-dealkylation sites (tertiary alicyclic amines) is 1. The number of hydrogen-bond donors (Lipinski definition) is 2. The highest BCUT2D eigenvalue weighted by Gasteiger charge is 2.33. The molecule has 6 heteroatoms. The molecule has 0 radical (unpaired) electrons. The molecule has 1 aliphatic rings. The molecule has 1 saturated heterocycles. The summed E-state index contributed by atoms with van der Waals surface area (Å²) < 4.78 is 0. The van der Waals surface area contributed by atoms with Gasteiger partial charge < -0.3 is 20.0 Å². The molecule has 2 atom stereocenters. The summed E-state index contributed by atoms with van der Waals surface area (Å²) in [6, 6.07) is 9.43. The van der Waals surface area contributed by atoms with Gasteiger partial charge >= 0.3 is 0 Å². The van der Waals surface area contributed by atoms with E-state index in [9.17, 15) is 19.8 Å². The van der Waals surface area contributed by atoms with Crippen molar-refractivity contribution in [1.29, 1.82) is 0 Å². The molecule has 1 heterocycles. The number of hydrogen-bond acceptors (Lipinski definition) is 4. The van der Waals surface area contributed by atoms with Gasteiger partial charge in [0.2, 0.25) is 11.8 Å². The Balaban J connectivity index is 2.06. The molecule has 0 unspecified atom stereocenters. The SMILES string of the molecule is C=CC[C@@H](CC(=O)N(CCO)Cc1ccccc1)C(=O)N1CCC[C@H]1CO. The molecule has 0 saturated carbocycles. The Kier molecular flexibility index (Phi) is 8.48. The van der Waals surface area contributed by atoms with Crippen molar-refractivity contribution in [3.63, 3.8) is 0 Å². The number of benzene rings is 1. The first-order valence-electron chi connectivity index (χ1n) is 9.55. The fraction of sp³-hybridized carbons (Fsp3) is 0.524. The Morgan fingerprint density at radius 2 is 2.04 bits per heavy atom. The van der Waals surface area contributed by atoms with E-state index in [2.05, 4.69) is 6.58 Å². The minimum Gasteiger partial charge on any atom is -0.395 e. The zero-order valence-corrected chi connectivity index (χ0v) is 15.8. The van der Waals surface area contributed by atoms with Gasteiger partial charge in [0.1, 0.15) is 0 Å². The number of nitrogens with zero attached hydrogens (tertiary/aromatic N) is 2. The molecule has 1 fully saturated rings. The van der Waals surface area contributed by atoms with E-state index in [-0.39, 0.29) is 44.0 Å². The highest BCUT2D eigenvalue weighted by Crippen LogP contribution is 2.23. The van der Waals surface area contributed by atoms with Gasteiger partial charge in [-0.15, -0.1) is 6.58 Å². The second-order valence-corrected chi connectivity index (χ2v) is 6.96. The third kappa shape index (κ3) is 5.91. The van der Waals surface area contributed by atoms with E-state index >= 15 is 0 Å². The minimum absolute atomic E-state index is 0.0505. The number of carbonyl (C=O) groups excluding carboxylic acids is 2. The third-order valence-electron chi connectivity index (χ3n) is 5.03. The number of amides is 2. The van der Waals surface area contributed by atoms with Crippen molar-refractivity contribution in [2.24, 2.45) is 5.92 Å². The van der Waals surface area contributed by atoms with E-state index in [1.807, 2.05) is 30.3 Å². The molecule has 0 bridgehead atoms. The molecule has 6 nitrogen and oxygen atoms in total. The van der Waals surface area contributed by atoms with Gasteiger partial charge in [-0.2, -0.15) is 0 Å². The van der Waals surface area contributed by atoms with Crippen LogP contribution in [-0.2, 0) is 16.1 Å². The summed E-state index contributed by atoms with van der Waals surface area (Å²) >= 11 is 0. The van der Waals surface area contributed by atoms with Crippen molar-refractivity contribution in [3.05, 3.63) is 48.6 Å². The predicted octanol–water partition coefficient (Wildman–Crippen LogP) is 1.57. The van der Waals surface area contributed by atoms with E-state index < -0.39 is 5.92 Å². The van der Waals surface area contributed by atoms with Crippen molar-refractivity contribution >= 4 is 11.8 Å². The molecule has 1 aliphatic heterocycles. The largest absolute Gasteiger partial charge is 0.395 e. The summed E-state index contributed by atoms with van der Waals surface area (Å²) in [4.78, 5) is 29.1. The van der Waals surface area contributed by atoms with E-state index in [0.29, 0.717) is 19.5 Å². The number of rotatable bonds is 10. The Morgan fingerprint density at radius 1 is 1.30 bits per heavy atom. The van der Waals surface area contributed by atoms with Crippen LogP contribution in [0.5, 0.6) is 0 Å². The highest BCUT2D eigenvalue weighted by atomic mass is 16.3. The molecule has 27 heavy (non-hydrogen) atoms. The fourth-order valence-corrected chi connectivity index (χ4v) is 3.58. The van der Waals surface area contributed by atoms with Crippen LogP contribution < -0.4 is 0 Å². The Labute approximate surface area is 161 Å². The van der Waals surface area contributed by atoms with Crippen LogP contribution in [0.3, 0.4) is 0 Å². The van der Waals surface area contributed by atoms with Crippen molar-refractivity contribution in [2.45, 2.75) is 38.3 Å². The highest BCUT2D eigenvalue weighted by molar-refractivity contribution is 5.86. The zero-order valence-electron chi connectivity index (χ0n) is 15.8. The molecule has 1 aromatic rings. The number of aliphatic hydroxyl groups excluding tert-OH is 2. The Bertz CT molecular complexity index is 620. The van der Waals surface area contributed by atoms with Crippen molar-refractivity contribution in [1.82, 2.24) is 9.80 Å². The average molecular weight is 374 g/mol. The molecule has 0 aliphatic carbocycles. The van der Waals surface area contributed by atoms with Crippen LogP contribution in [0.4, 0.5) is 0 Å². The molecular weight excluding hydrogens is 344 g/mol. The first-order valence-corrected chi connectivity index (χ1v) is 9.55. The van der Waals surface area contributed by atoms with Crippen LogP contribution in [0.25, 0.3) is 0 Å². The molecule has 2 N–H and O–H groups in total. The van der Waals surface area contributed by atoms with Gasteiger partial charge in [0.15, 0.2) is 0 Å². The van der Waals surface area contributed by atoms with E-state index in [0.717, 1.165) is 18.4 Å². The fourth-order valence-electron chi connectivity index (χ4n) is 3.58. The maximum absolute atomic E-state index is 12.9. The maximum Gasteiger partial charge on any atom is 0.226 e. The van der Waals surface area contributed by atoms with Gasteiger partial charge in [0.25, 0.3) is 0 Å². The lowest BCUT2D eigenvalue weighted by Crippen LogP contribution is -2.43. The summed E-state index contributed by atoms with van der Waals surface area (Å²) in [5.41, 5.74) is 0.978. The van der Waals surface area contributed by atoms with Crippen LogP contribution in [0.1, 0.15) is 31.2 Å². The lowest BCUT2D eigenvalue weighted by atomic mass is 9.98. The monoisotopic (exact) mass is 374 g/mol. The maximum atomic E-state index is 12.9. The standard InChI is InChI=1S/C21H30N2O4/c1-2-7-18(21(27)23-11-6-10-19(23)16-25)14-20(26)22(12-13-24)15-17-8-4-3-5-9-17/h2-5,8-9,18-19,24-25H,1,6-7,10-16H2/t18-,19-/m0/s1. The topological polar surface area (TPSA) is 81.1 Å². The smallest absolute Gasteiger partial charge is 0.226 e. The zero-order chi connectivity index (χ0) is 19.6. The number of carbonyl (C=O) groups is 2. The van der Waals surface area contributed by atoms with Crippen LogP contribution in [0, 0.1) is 5.92 Å². The summed E-state index contributed by atoms with van der Waals surface area (Å²) in [6.45, 7) is 4.79. The lowest BCUT2D eigenvalue weighted by Gasteiger charge is -2.29. The summed E-state index contributed by atoms with van der Waals surface area (Å²) in [7, 11) is 0. The number of aliphatic hydroxyl groups is 2. The number of allylic oxidation sites excluding steroid dienone is 1. The summed E-state index contributed by atoms with van der Waals surface area (Å²) in [6.07, 6.45) is 3.81. The van der Waals surface area contributed by atoms with Gasteiger partial charge in [-0.25, -0.2) is 0 Å². The van der Waals surface area contributed by atoms with E-state index in [1.165, 1.54) is 0 Å². The summed E-state index contributed by atoms with van der Waals surface area (Å²) in [5.74, 6) is -0.740. The van der Waals surface area contributed by atoms with Crippen molar-refractivity contribution in [3.8, 4) is 0 Å². The van der Waals surface area contributed by atoms with Gasteiger partial charge in [-0.05, 0) is 24.8 Å². The van der Waals surface area contributed by atoms with E-state index in [4.69, 9.17) is 0 Å². The van der Waals surface area contributed by atoms with Crippen LogP contribution in [0.15, 0.2) is 43.0 Å². The van der Waals surface area contributed by atoms with E-state index in [1.54, 1.807) is 15.9 Å². The predicted molar refractivity (Wildman–Crippen MR) is 104 cm³/mol. The molecular formula is C21H30N2O4. The third-order valence-corrected chi connectivity index (χ3v) is 5.03. The van der Waals surface area contributed by atoms with Crippen molar-refractivity contribution in [2.75, 3.05) is 26.3 Å². The Hall–Kier alpha value is -2.18. The van der Waals surface area contributed by atoms with Crippen LogP contribution in [0.2, 0.25) is 0 Å². The summed E-state index contributed by atoms with van der Waals surface area (Å²) in [5, 5.41) is 18.8. The second-order valence-electron chi connectivity index (χ2n) is 6.96.